The zero-order valence-corrected chi connectivity index (χ0v) is 17.9. The molecule has 0 aliphatic heterocycles. The normalized spacial score (nSPS) is 11.4. The van der Waals surface area contributed by atoms with Gasteiger partial charge < -0.3 is 9.84 Å². The maximum Gasteiger partial charge on any atom is 0.160 e. The fraction of sp³-hybridized carbons (Fsp3) is 0.435. The number of ketones is 1. The maximum absolute atomic E-state index is 11.4. The quantitative estimate of drug-likeness (QED) is 0.346. The minimum absolute atomic E-state index is 0.00757. The van der Waals surface area contributed by atoms with Crippen LogP contribution in [0.15, 0.2) is 54.3 Å². The number of Topliss-reactive ketones (excluding diaryl/α,β-unsaturated/α-hetero) is 1. The van der Waals surface area contributed by atoms with E-state index in [-0.39, 0.29) is 16.9 Å². The highest BCUT2D eigenvalue weighted by Crippen LogP contribution is 2.29. The molecule has 0 spiro atoms. The summed E-state index contributed by atoms with van der Waals surface area (Å²) in [6, 6.07) is 4.53. The highest BCUT2D eigenvalue weighted by molar-refractivity contribution is 5.94. The number of benzene rings is 1. The molecule has 0 aromatic heterocycles. The van der Waals surface area contributed by atoms with Gasteiger partial charge in [-0.15, -0.1) is 0 Å². The van der Waals surface area contributed by atoms with E-state index in [2.05, 4.69) is 27.4 Å². The van der Waals surface area contributed by atoms with Gasteiger partial charge in [0.05, 0.1) is 0 Å². The molecule has 1 rings (SSSR count). The standard InChI is InChI=1S/C19H24O3.2C2H6/c1-7-8-16(19(4,5)6)9-13(2)22-18-11-15(14(3)20)10-17(21)12-18;2*1-2/h7-12,21H,1H2,2-6H3;2*1-2H3/b13-9+,16-8+;;. The van der Waals surface area contributed by atoms with Gasteiger partial charge in [-0.25, -0.2) is 0 Å². The molecule has 0 radical (unpaired) electrons. The lowest BCUT2D eigenvalue weighted by atomic mass is 9.86. The summed E-state index contributed by atoms with van der Waals surface area (Å²) in [4.78, 5) is 11.4. The third-order valence-corrected chi connectivity index (χ3v) is 3.10. The van der Waals surface area contributed by atoms with Gasteiger partial charge in [-0.1, -0.05) is 67.2 Å². The van der Waals surface area contributed by atoms with E-state index < -0.39 is 0 Å². The first-order chi connectivity index (χ1) is 12.1. The molecule has 1 N–H and O–H groups in total. The van der Waals surface area contributed by atoms with Gasteiger partial charge in [0.15, 0.2) is 5.78 Å². The lowest BCUT2D eigenvalue weighted by Gasteiger charge is -2.21. The summed E-state index contributed by atoms with van der Waals surface area (Å²) in [7, 11) is 0. The Morgan fingerprint density at radius 3 is 2.04 bits per heavy atom. The summed E-state index contributed by atoms with van der Waals surface area (Å²) < 4.78 is 5.73. The number of carbonyl (C=O) groups excluding carboxylic acids is 1. The molecular formula is C23H36O3. The van der Waals surface area contributed by atoms with Crippen LogP contribution in [0.2, 0.25) is 0 Å². The second-order valence-corrected chi connectivity index (χ2v) is 6.24. The van der Waals surface area contributed by atoms with Crippen molar-refractivity contribution in [3.8, 4) is 11.5 Å². The first-order valence-corrected chi connectivity index (χ1v) is 9.18. The van der Waals surface area contributed by atoms with E-state index in [9.17, 15) is 9.90 Å². The molecule has 1 aromatic carbocycles. The molecule has 1 aromatic rings. The smallest absolute Gasteiger partial charge is 0.160 e. The number of rotatable bonds is 5. The molecule has 0 atom stereocenters. The molecule has 146 valence electrons. The summed E-state index contributed by atoms with van der Waals surface area (Å²) in [5.41, 5.74) is 1.45. The summed E-state index contributed by atoms with van der Waals surface area (Å²) in [5, 5.41) is 9.67. The van der Waals surface area contributed by atoms with Gasteiger partial charge in [-0.3, -0.25) is 4.79 Å². The summed E-state index contributed by atoms with van der Waals surface area (Å²) in [6.45, 7) is 21.3. The second-order valence-electron chi connectivity index (χ2n) is 6.24. The van der Waals surface area contributed by atoms with Crippen LogP contribution in [0.4, 0.5) is 0 Å². The average molecular weight is 361 g/mol. The number of carbonyl (C=O) groups is 1. The topological polar surface area (TPSA) is 46.5 Å². The fourth-order valence-electron chi connectivity index (χ4n) is 1.92. The summed E-state index contributed by atoms with van der Waals surface area (Å²) in [6.07, 6.45) is 5.61. The minimum atomic E-state index is -0.121. The lowest BCUT2D eigenvalue weighted by molar-refractivity contribution is 0.101. The molecule has 0 saturated heterocycles. The number of phenols is 1. The molecule has 0 aliphatic rings. The van der Waals surface area contributed by atoms with Crippen LogP contribution < -0.4 is 4.74 Å². The molecule has 0 aliphatic carbocycles. The van der Waals surface area contributed by atoms with E-state index in [0.717, 1.165) is 5.57 Å². The van der Waals surface area contributed by atoms with Crippen LogP contribution in [0, 0.1) is 5.41 Å². The molecule has 3 nitrogen and oxygen atoms in total. The number of allylic oxidation sites excluding steroid dienone is 5. The lowest BCUT2D eigenvalue weighted by Crippen LogP contribution is -2.08. The van der Waals surface area contributed by atoms with Crippen LogP contribution in [0.3, 0.4) is 0 Å². The summed E-state index contributed by atoms with van der Waals surface area (Å²) in [5.74, 6) is 0.992. The van der Waals surface area contributed by atoms with Crippen molar-refractivity contribution in [2.45, 2.75) is 62.3 Å². The van der Waals surface area contributed by atoms with Crippen LogP contribution in [0.25, 0.3) is 0 Å². The Kier molecular flexibility index (Phi) is 13.0. The number of ether oxygens (including phenoxy) is 1. The highest BCUT2D eigenvalue weighted by atomic mass is 16.5. The number of hydrogen-bond donors (Lipinski definition) is 1. The molecule has 0 amide bonds. The Hall–Kier alpha value is -2.29. The zero-order valence-electron chi connectivity index (χ0n) is 17.9. The van der Waals surface area contributed by atoms with E-state index in [1.165, 1.54) is 19.1 Å². The number of hydrogen-bond acceptors (Lipinski definition) is 3. The first-order valence-electron chi connectivity index (χ1n) is 9.18. The van der Waals surface area contributed by atoms with Crippen molar-refractivity contribution in [1.82, 2.24) is 0 Å². The first kappa shape index (κ1) is 25.9. The summed E-state index contributed by atoms with van der Waals surface area (Å²) >= 11 is 0. The van der Waals surface area contributed by atoms with E-state index in [4.69, 9.17) is 4.74 Å². The van der Waals surface area contributed by atoms with Gasteiger partial charge >= 0.3 is 0 Å². The van der Waals surface area contributed by atoms with Crippen LogP contribution in [-0.2, 0) is 0 Å². The molecule has 26 heavy (non-hydrogen) atoms. The highest BCUT2D eigenvalue weighted by Gasteiger charge is 2.15. The van der Waals surface area contributed by atoms with Crippen LogP contribution in [0.1, 0.15) is 72.7 Å². The Balaban J connectivity index is 0. The van der Waals surface area contributed by atoms with Gasteiger partial charge in [0, 0.05) is 11.6 Å². The molecular weight excluding hydrogens is 324 g/mol. The second kappa shape index (κ2) is 13.0. The van der Waals surface area contributed by atoms with Crippen LogP contribution in [0.5, 0.6) is 11.5 Å². The van der Waals surface area contributed by atoms with E-state index in [1.807, 2.05) is 46.8 Å². The van der Waals surface area contributed by atoms with Gasteiger partial charge in [0.2, 0.25) is 0 Å². The predicted molar refractivity (Wildman–Crippen MR) is 113 cm³/mol. The zero-order chi connectivity index (χ0) is 20.9. The fourth-order valence-corrected chi connectivity index (χ4v) is 1.92. The van der Waals surface area contributed by atoms with Crippen molar-refractivity contribution in [3.05, 3.63) is 59.9 Å². The monoisotopic (exact) mass is 360 g/mol. The third-order valence-electron chi connectivity index (χ3n) is 3.10. The van der Waals surface area contributed by atoms with Crippen molar-refractivity contribution in [1.29, 1.82) is 0 Å². The van der Waals surface area contributed by atoms with Crippen LogP contribution >= 0.6 is 0 Å². The van der Waals surface area contributed by atoms with Crippen LogP contribution in [-0.4, -0.2) is 10.9 Å². The van der Waals surface area contributed by atoms with Gasteiger partial charge in [0.25, 0.3) is 0 Å². The van der Waals surface area contributed by atoms with Crippen molar-refractivity contribution < 1.29 is 14.6 Å². The predicted octanol–water partition coefficient (Wildman–Crippen LogP) is 7.09. The average Bonchev–Trinajstić information content (AvgIpc) is 2.56. The number of aromatic hydroxyl groups is 1. The van der Waals surface area contributed by atoms with Gasteiger partial charge in [0.1, 0.15) is 17.3 Å². The minimum Gasteiger partial charge on any atom is -0.508 e. The van der Waals surface area contributed by atoms with E-state index >= 15 is 0 Å². The number of phenolic OH excluding ortho intramolecular Hbond substituents is 1. The van der Waals surface area contributed by atoms with Crippen molar-refractivity contribution in [3.63, 3.8) is 0 Å². The Morgan fingerprint density at radius 2 is 1.62 bits per heavy atom. The molecule has 0 heterocycles. The molecule has 3 heteroatoms. The Labute approximate surface area is 160 Å². The molecule has 0 bridgehead atoms. The third kappa shape index (κ3) is 9.87. The van der Waals surface area contributed by atoms with Gasteiger partial charge in [-0.05, 0) is 43.0 Å². The molecule has 0 fully saturated rings. The van der Waals surface area contributed by atoms with Crippen molar-refractivity contribution in [2.24, 2.45) is 5.41 Å². The van der Waals surface area contributed by atoms with E-state index in [1.54, 1.807) is 12.1 Å². The molecule has 0 saturated carbocycles. The van der Waals surface area contributed by atoms with Gasteiger partial charge in [-0.2, -0.15) is 0 Å². The van der Waals surface area contributed by atoms with Crippen molar-refractivity contribution in [2.75, 3.05) is 0 Å². The molecule has 0 unspecified atom stereocenters. The SMILES string of the molecule is C=C/C=C(\C=C(/C)Oc1cc(O)cc(C(C)=O)c1)C(C)(C)C.CC.CC. The Morgan fingerprint density at radius 1 is 1.08 bits per heavy atom. The van der Waals surface area contributed by atoms with Crippen molar-refractivity contribution >= 4 is 5.78 Å². The maximum atomic E-state index is 11.4. The Bertz CT molecular complexity index is 629. The van der Waals surface area contributed by atoms with E-state index in [0.29, 0.717) is 17.1 Å². The largest absolute Gasteiger partial charge is 0.508 e.